The van der Waals surface area contributed by atoms with Gasteiger partial charge in [0, 0.05) is 38.9 Å². The average Bonchev–Trinajstić information content (AvgIpc) is 2.60. The first-order valence-electron chi connectivity index (χ1n) is 7.81. The van der Waals surface area contributed by atoms with Crippen molar-refractivity contribution in [1.29, 1.82) is 0 Å². The zero-order valence-corrected chi connectivity index (χ0v) is 14.3. The van der Waals surface area contributed by atoms with Crippen LogP contribution in [0.4, 0.5) is 5.69 Å². The van der Waals surface area contributed by atoms with E-state index in [0.29, 0.717) is 12.1 Å². The molecular weight excluding hydrogens is 302 g/mol. The molecule has 2 amide bonds. The molecule has 24 heavy (non-hydrogen) atoms. The van der Waals surface area contributed by atoms with Crippen LogP contribution in [0.3, 0.4) is 0 Å². The van der Waals surface area contributed by atoms with Gasteiger partial charge in [0.05, 0.1) is 6.54 Å². The zero-order valence-electron chi connectivity index (χ0n) is 14.3. The second kappa shape index (κ2) is 8.15. The lowest BCUT2D eigenvalue weighted by Crippen LogP contribution is -2.37. The van der Waals surface area contributed by atoms with Gasteiger partial charge in [-0.25, -0.2) is 0 Å². The number of carbonyl (C=O) groups excluding carboxylic acids is 2. The van der Waals surface area contributed by atoms with E-state index in [-0.39, 0.29) is 18.4 Å². The highest BCUT2D eigenvalue weighted by molar-refractivity contribution is 5.96. The van der Waals surface area contributed by atoms with E-state index in [1.54, 1.807) is 36.2 Å². The molecule has 2 aromatic carbocycles. The van der Waals surface area contributed by atoms with Gasteiger partial charge in [-0.2, -0.15) is 0 Å². The van der Waals surface area contributed by atoms with Gasteiger partial charge in [-0.05, 0) is 29.8 Å². The normalized spacial score (nSPS) is 10.1. The van der Waals surface area contributed by atoms with E-state index >= 15 is 0 Å². The van der Waals surface area contributed by atoms with Crippen molar-refractivity contribution in [2.24, 2.45) is 0 Å². The molecule has 0 aromatic heterocycles. The topological polar surface area (TPSA) is 52.6 Å². The Morgan fingerprint density at radius 2 is 1.54 bits per heavy atom. The van der Waals surface area contributed by atoms with E-state index < -0.39 is 0 Å². The molecule has 1 N–H and O–H groups in total. The SMILES string of the molecule is CN(Cc1ccc(N(C)C)cc1)C(=O)CNC(=O)c1ccccc1. The summed E-state index contributed by atoms with van der Waals surface area (Å²) in [6.45, 7) is 0.494. The Balaban J connectivity index is 1.84. The van der Waals surface area contributed by atoms with E-state index in [9.17, 15) is 9.59 Å². The quantitative estimate of drug-likeness (QED) is 0.885. The number of benzene rings is 2. The van der Waals surface area contributed by atoms with E-state index in [1.165, 1.54) is 0 Å². The van der Waals surface area contributed by atoms with Crippen molar-refractivity contribution in [3.8, 4) is 0 Å². The van der Waals surface area contributed by atoms with Crippen molar-refractivity contribution in [3.63, 3.8) is 0 Å². The smallest absolute Gasteiger partial charge is 0.251 e. The summed E-state index contributed by atoms with van der Waals surface area (Å²) in [6.07, 6.45) is 0. The number of nitrogens with zero attached hydrogens (tertiary/aromatic N) is 2. The molecule has 0 unspecified atom stereocenters. The summed E-state index contributed by atoms with van der Waals surface area (Å²) in [5.74, 6) is -0.372. The lowest BCUT2D eigenvalue weighted by Gasteiger charge is -2.18. The van der Waals surface area contributed by atoms with Crippen LogP contribution in [0, 0.1) is 0 Å². The van der Waals surface area contributed by atoms with Crippen LogP contribution in [-0.2, 0) is 11.3 Å². The van der Waals surface area contributed by atoms with Gasteiger partial charge in [-0.1, -0.05) is 30.3 Å². The van der Waals surface area contributed by atoms with Crippen molar-refractivity contribution < 1.29 is 9.59 Å². The minimum absolute atomic E-state index is 0.0139. The molecular formula is C19H23N3O2. The summed E-state index contributed by atoms with van der Waals surface area (Å²) in [7, 11) is 5.71. The number of likely N-dealkylation sites (N-methyl/N-ethyl adjacent to an activating group) is 1. The van der Waals surface area contributed by atoms with Gasteiger partial charge < -0.3 is 15.1 Å². The summed E-state index contributed by atoms with van der Waals surface area (Å²) in [6, 6.07) is 16.9. The number of hydrogen-bond donors (Lipinski definition) is 1. The molecule has 0 radical (unpaired) electrons. The van der Waals surface area contributed by atoms with Crippen LogP contribution in [0.2, 0.25) is 0 Å². The van der Waals surface area contributed by atoms with Crippen LogP contribution in [0.25, 0.3) is 0 Å². The third-order valence-corrected chi connectivity index (χ3v) is 3.73. The van der Waals surface area contributed by atoms with Gasteiger partial charge >= 0.3 is 0 Å². The standard InChI is InChI=1S/C19H23N3O2/c1-21(2)17-11-9-15(10-12-17)14-22(3)18(23)13-20-19(24)16-7-5-4-6-8-16/h4-12H,13-14H2,1-3H3,(H,20,24). The van der Waals surface area contributed by atoms with Crippen LogP contribution in [0.1, 0.15) is 15.9 Å². The summed E-state index contributed by atoms with van der Waals surface area (Å²) >= 11 is 0. The first-order chi connectivity index (χ1) is 11.5. The minimum atomic E-state index is -0.243. The second-order valence-electron chi connectivity index (χ2n) is 5.86. The maximum Gasteiger partial charge on any atom is 0.251 e. The van der Waals surface area contributed by atoms with Crippen LogP contribution >= 0.6 is 0 Å². The predicted octanol–water partition coefficient (Wildman–Crippen LogP) is 2.14. The van der Waals surface area contributed by atoms with Crippen molar-refractivity contribution in [1.82, 2.24) is 10.2 Å². The molecule has 0 spiro atoms. The molecule has 5 heteroatoms. The van der Waals surface area contributed by atoms with Gasteiger partial charge in [0.1, 0.15) is 0 Å². The van der Waals surface area contributed by atoms with Gasteiger partial charge in [-0.15, -0.1) is 0 Å². The Kier molecular flexibility index (Phi) is 5.95. The van der Waals surface area contributed by atoms with E-state index in [1.807, 2.05) is 49.3 Å². The van der Waals surface area contributed by atoms with E-state index in [0.717, 1.165) is 11.3 Å². The first-order valence-corrected chi connectivity index (χ1v) is 7.81. The summed E-state index contributed by atoms with van der Waals surface area (Å²) in [5, 5.41) is 2.65. The molecule has 126 valence electrons. The third kappa shape index (κ3) is 4.84. The molecule has 0 aliphatic carbocycles. The number of carbonyl (C=O) groups is 2. The Bertz CT molecular complexity index is 682. The molecule has 5 nitrogen and oxygen atoms in total. The van der Waals surface area contributed by atoms with Gasteiger partial charge in [0.25, 0.3) is 5.91 Å². The van der Waals surface area contributed by atoms with Crippen LogP contribution < -0.4 is 10.2 Å². The Morgan fingerprint density at radius 1 is 0.917 bits per heavy atom. The highest BCUT2D eigenvalue weighted by atomic mass is 16.2. The molecule has 0 saturated heterocycles. The van der Waals surface area contributed by atoms with Gasteiger partial charge in [0.2, 0.25) is 5.91 Å². The molecule has 0 saturated carbocycles. The van der Waals surface area contributed by atoms with E-state index in [2.05, 4.69) is 5.32 Å². The maximum absolute atomic E-state index is 12.2. The van der Waals surface area contributed by atoms with Crippen molar-refractivity contribution in [3.05, 3.63) is 65.7 Å². The number of rotatable bonds is 6. The lowest BCUT2D eigenvalue weighted by molar-refractivity contribution is -0.129. The largest absolute Gasteiger partial charge is 0.378 e. The monoisotopic (exact) mass is 325 g/mol. The number of amides is 2. The van der Waals surface area contributed by atoms with Crippen LogP contribution in [-0.4, -0.2) is 44.4 Å². The Hall–Kier alpha value is -2.82. The van der Waals surface area contributed by atoms with E-state index in [4.69, 9.17) is 0 Å². The molecule has 0 bridgehead atoms. The number of hydrogen-bond acceptors (Lipinski definition) is 3. The maximum atomic E-state index is 12.2. The Morgan fingerprint density at radius 3 is 2.12 bits per heavy atom. The Labute approximate surface area is 142 Å². The van der Waals surface area contributed by atoms with Crippen LogP contribution in [0.15, 0.2) is 54.6 Å². The molecule has 2 aromatic rings. The first kappa shape index (κ1) is 17.5. The summed E-state index contributed by atoms with van der Waals surface area (Å²) in [4.78, 5) is 27.7. The molecule has 0 aliphatic rings. The molecule has 2 rings (SSSR count). The molecule has 0 heterocycles. The predicted molar refractivity (Wildman–Crippen MR) is 96.0 cm³/mol. The zero-order chi connectivity index (χ0) is 17.5. The highest BCUT2D eigenvalue weighted by Gasteiger charge is 2.12. The van der Waals surface area contributed by atoms with Crippen molar-refractivity contribution >= 4 is 17.5 Å². The van der Waals surface area contributed by atoms with Gasteiger partial charge in [0.15, 0.2) is 0 Å². The van der Waals surface area contributed by atoms with Gasteiger partial charge in [-0.3, -0.25) is 9.59 Å². The summed E-state index contributed by atoms with van der Waals surface area (Å²) < 4.78 is 0. The fraction of sp³-hybridized carbons (Fsp3) is 0.263. The van der Waals surface area contributed by atoms with Crippen molar-refractivity contribution in [2.75, 3.05) is 32.6 Å². The fourth-order valence-electron chi connectivity index (χ4n) is 2.24. The molecule has 0 aliphatic heterocycles. The number of nitrogens with one attached hydrogen (secondary N) is 1. The third-order valence-electron chi connectivity index (χ3n) is 3.73. The lowest BCUT2D eigenvalue weighted by atomic mass is 10.2. The second-order valence-corrected chi connectivity index (χ2v) is 5.86. The van der Waals surface area contributed by atoms with Crippen LogP contribution in [0.5, 0.6) is 0 Å². The summed E-state index contributed by atoms with van der Waals surface area (Å²) in [5.41, 5.74) is 2.71. The van der Waals surface area contributed by atoms with Crippen molar-refractivity contribution in [2.45, 2.75) is 6.54 Å². The molecule has 0 atom stereocenters. The fourth-order valence-corrected chi connectivity index (χ4v) is 2.24. The average molecular weight is 325 g/mol. The number of anilines is 1. The highest BCUT2D eigenvalue weighted by Crippen LogP contribution is 2.13. The molecule has 0 fully saturated rings. The minimum Gasteiger partial charge on any atom is -0.378 e.